The summed E-state index contributed by atoms with van der Waals surface area (Å²) in [7, 11) is -9.95. The van der Waals surface area contributed by atoms with Crippen molar-refractivity contribution in [3.05, 3.63) is 60.8 Å². The van der Waals surface area contributed by atoms with Crippen LogP contribution in [0.4, 0.5) is 0 Å². The largest absolute Gasteiger partial charge is 0.472 e. The van der Waals surface area contributed by atoms with Gasteiger partial charge in [0.15, 0.2) is 12.2 Å². The molecule has 0 spiro atoms. The Bertz CT molecular complexity index is 2170. The number of unbranched alkanes of at least 4 members (excludes halogenated alkanes) is 43. The van der Waals surface area contributed by atoms with Crippen LogP contribution in [0.2, 0.25) is 0 Å². The maximum absolute atomic E-state index is 13.1. The van der Waals surface area contributed by atoms with Gasteiger partial charge in [0.2, 0.25) is 0 Å². The summed E-state index contributed by atoms with van der Waals surface area (Å²) in [6.07, 6.45) is 76.1. The molecule has 0 aromatic rings. The van der Waals surface area contributed by atoms with E-state index in [1.54, 1.807) is 0 Å². The Labute approximate surface area is 622 Å². The van der Waals surface area contributed by atoms with Crippen molar-refractivity contribution in [2.75, 3.05) is 39.6 Å². The van der Waals surface area contributed by atoms with Crippen LogP contribution in [0.5, 0.6) is 0 Å². The number of rotatable bonds is 79. The highest BCUT2D eigenvalue weighted by Gasteiger charge is 2.30. The maximum atomic E-state index is 13.1. The van der Waals surface area contributed by atoms with E-state index in [1.165, 1.54) is 154 Å². The van der Waals surface area contributed by atoms with Gasteiger partial charge in [-0.15, -0.1) is 0 Å². The number of ether oxygens (including phenoxy) is 4. The highest BCUT2D eigenvalue weighted by atomic mass is 31.2. The zero-order chi connectivity index (χ0) is 74.6. The number of hydrogen-bond donors (Lipinski definition) is 3. The molecule has 0 bridgehead atoms. The molecule has 0 saturated carbocycles. The first kappa shape index (κ1) is 98.8. The number of aliphatic hydroxyl groups is 1. The molecular weight excluding hydrogens is 1330 g/mol. The van der Waals surface area contributed by atoms with Crippen molar-refractivity contribution in [1.29, 1.82) is 0 Å². The molecule has 3 N–H and O–H groups in total. The molecule has 0 rings (SSSR count). The second kappa shape index (κ2) is 76.0. The number of esters is 4. The van der Waals surface area contributed by atoms with Crippen molar-refractivity contribution >= 4 is 39.5 Å². The van der Waals surface area contributed by atoms with Gasteiger partial charge >= 0.3 is 39.5 Å². The molecule has 5 atom stereocenters. The third-order valence-electron chi connectivity index (χ3n) is 18.0. The molecule has 596 valence electrons. The van der Waals surface area contributed by atoms with Crippen LogP contribution in [0.3, 0.4) is 0 Å². The zero-order valence-corrected chi connectivity index (χ0v) is 67.1. The van der Waals surface area contributed by atoms with Gasteiger partial charge < -0.3 is 33.8 Å². The normalized spacial score (nSPS) is 14.1. The molecule has 0 saturated heterocycles. The third kappa shape index (κ3) is 75.0. The number of carbonyl (C=O) groups is 4. The lowest BCUT2D eigenvalue weighted by molar-refractivity contribution is -0.161. The summed E-state index contributed by atoms with van der Waals surface area (Å²) >= 11 is 0. The minimum Gasteiger partial charge on any atom is -0.462 e. The first-order chi connectivity index (χ1) is 49.7. The Kier molecular flexibility index (Phi) is 73.6. The number of aliphatic hydroxyl groups excluding tert-OH is 1. The van der Waals surface area contributed by atoms with E-state index in [-0.39, 0.29) is 25.7 Å². The van der Waals surface area contributed by atoms with Crippen LogP contribution >= 0.6 is 15.6 Å². The topological polar surface area (TPSA) is 237 Å². The monoisotopic (exact) mass is 1480 g/mol. The van der Waals surface area contributed by atoms with E-state index in [4.69, 9.17) is 37.0 Å². The van der Waals surface area contributed by atoms with Crippen LogP contribution < -0.4 is 0 Å². The Hall–Kier alpha value is -3.24. The molecule has 0 aliphatic rings. The molecule has 5 unspecified atom stereocenters. The van der Waals surface area contributed by atoms with Crippen molar-refractivity contribution in [2.24, 2.45) is 0 Å². The van der Waals surface area contributed by atoms with E-state index in [0.717, 1.165) is 154 Å². The smallest absolute Gasteiger partial charge is 0.462 e. The molecule has 0 aromatic carbocycles. The predicted molar refractivity (Wildman–Crippen MR) is 418 cm³/mol. The van der Waals surface area contributed by atoms with E-state index in [9.17, 15) is 43.2 Å². The molecule has 0 heterocycles. The van der Waals surface area contributed by atoms with Gasteiger partial charge in [0.25, 0.3) is 0 Å². The van der Waals surface area contributed by atoms with Gasteiger partial charge in [-0.3, -0.25) is 37.3 Å². The molecule has 0 aromatic heterocycles. The van der Waals surface area contributed by atoms with E-state index in [1.807, 2.05) is 0 Å². The fourth-order valence-corrected chi connectivity index (χ4v) is 13.3. The van der Waals surface area contributed by atoms with E-state index >= 15 is 0 Å². The average molecular weight is 1480 g/mol. The lowest BCUT2D eigenvalue weighted by Crippen LogP contribution is -2.30. The quantitative estimate of drug-likeness (QED) is 0.0169. The second-order valence-electron chi connectivity index (χ2n) is 28.1. The van der Waals surface area contributed by atoms with Gasteiger partial charge in [0.05, 0.1) is 26.4 Å². The summed E-state index contributed by atoms with van der Waals surface area (Å²) < 4.78 is 68.7. The van der Waals surface area contributed by atoms with Gasteiger partial charge in [-0.25, -0.2) is 9.13 Å². The lowest BCUT2D eigenvalue weighted by atomic mass is 10.0. The highest BCUT2D eigenvalue weighted by molar-refractivity contribution is 7.47. The van der Waals surface area contributed by atoms with Crippen molar-refractivity contribution in [3.8, 4) is 0 Å². The first-order valence-electron chi connectivity index (χ1n) is 41.5. The van der Waals surface area contributed by atoms with Crippen LogP contribution in [-0.4, -0.2) is 96.7 Å². The minimum atomic E-state index is -4.98. The van der Waals surface area contributed by atoms with Crippen molar-refractivity contribution < 1.29 is 80.2 Å². The van der Waals surface area contributed by atoms with Crippen molar-refractivity contribution in [1.82, 2.24) is 0 Å². The molecule has 19 heteroatoms. The highest BCUT2D eigenvalue weighted by Crippen LogP contribution is 2.45. The first-order valence-corrected chi connectivity index (χ1v) is 44.5. The summed E-state index contributed by atoms with van der Waals surface area (Å²) in [6.45, 7) is 4.81. The summed E-state index contributed by atoms with van der Waals surface area (Å²) in [5, 5.41) is 10.7. The predicted octanol–water partition coefficient (Wildman–Crippen LogP) is 24.2. The zero-order valence-electron chi connectivity index (χ0n) is 65.3. The van der Waals surface area contributed by atoms with E-state index in [0.29, 0.717) is 25.7 Å². The average Bonchev–Trinajstić information content (AvgIpc) is 0.923. The fraction of sp³-hybridized carbons (Fsp3) is 0.831. The number of phosphoric ester groups is 2. The Balaban J connectivity index is 5.33. The Morgan fingerprint density at radius 3 is 0.804 bits per heavy atom. The summed E-state index contributed by atoms with van der Waals surface area (Å²) in [6, 6.07) is 0. The minimum absolute atomic E-state index is 0.0804. The molecule has 0 aliphatic heterocycles. The van der Waals surface area contributed by atoms with Gasteiger partial charge in [0, 0.05) is 25.7 Å². The summed E-state index contributed by atoms with van der Waals surface area (Å²) in [4.78, 5) is 73.1. The fourth-order valence-electron chi connectivity index (χ4n) is 11.7. The van der Waals surface area contributed by atoms with Crippen LogP contribution in [0, 0.1) is 0 Å². The Morgan fingerprint density at radius 1 is 0.284 bits per heavy atom. The van der Waals surface area contributed by atoms with Crippen LogP contribution in [0.25, 0.3) is 0 Å². The molecule has 17 nitrogen and oxygen atoms in total. The van der Waals surface area contributed by atoms with Gasteiger partial charge in [0.1, 0.15) is 19.3 Å². The molecule has 0 fully saturated rings. The SMILES string of the molecule is CC/C=C\C/C=C\C/C=C\CCCCCCCCCC(=O)OCC(COP(=O)(O)OCC(O)COP(=O)(O)OCC(COC(=O)CCCCCCCCCCCCCCCCC)OC(=O)CCCCCCCCCCCCCCCCC)OC(=O)CCCCCCC/C=C\C/C=C\CCCCC. The van der Waals surface area contributed by atoms with Gasteiger partial charge in [-0.1, -0.05) is 332 Å². The summed E-state index contributed by atoms with van der Waals surface area (Å²) in [5.41, 5.74) is 0. The maximum Gasteiger partial charge on any atom is 0.472 e. The number of hydrogen-bond acceptors (Lipinski definition) is 15. The lowest BCUT2D eigenvalue weighted by Gasteiger charge is -2.21. The molecule has 102 heavy (non-hydrogen) atoms. The van der Waals surface area contributed by atoms with E-state index in [2.05, 4.69) is 88.5 Å². The summed E-state index contributed by atoms with van der Waals surface area (Å²) in [5.74, 6) is -2.16. The van der Waals surface area contributed by atoms with Gasteiger partial charge in [-0.05, 0) is 89.9 Å². The standard InChI is InChI=1S/C83H152O17P2/c1-5-9-13-17-21-25-29-33-37-38-42-44-48-52-56-60-64-68-81(86)94-74-79(100-83(88)70-66-62-58-54-50-46-41-36-32-28-24-20-16-12-8-4)76-98-102(91,92)96-72-77(84)71-95-101(89,90)97-75-78(99-82(87)69-65-61-57-53-49-45-40-35-31-27-23-19-15-11-7-3)73-93-80(85)67-63-59-55-51-47-43-39-34-30-26-22-18-14-10-6-2/h9,13,21,24-25,28,33,36-37,41,77-79,84H,5-8,10-12,14-20,22-23,26-27,29-32,34-35,38-40,42-76H2,1-4H3,(H,89,90)(H,91,92)/b13-9-,25-21-,28-24-,37-33-,41-36-. The third-order valence-corrected chi connectivity index (χ3v) is 19.9. The number of carbonyl (C=O) groups excluding carboxylic acids is 4. The van der Waals surface area contributed by atoms with E-state index < -0.39 is 97.5 Å². The molecule has 0 amide bonds. The molecular formula is C83H152O17P2. The van der Waals surface area contributed by atoms with Crippen LogP contribution in [0.15, 0.2) is 60.8 Å². The molecule has 0 radical (unpaired) electrons. The Morgan fingerprint density at radius 2 is 0.510 bits per heavy atom. The van der Waals surface area contributed by atoms with Gasteiger partial charge in [-0.2, -0.15) is 0 Å². The number of phosphoric acid groups is 2. The van der Waals surface area contributed by atoms with Crippen LogP contribution in [-0.2, 0) is 65.4 Å². The number of allylic oxidation sites excluding steroid dienone is 10. The molecule has 0 aliphatic carbocycles. The van der Waals surface area contributed by atoms with Crippen LogP contribution in [0.1, 0.15) is 387 Å². The van der Waals surface area contributed by atoms with Crippen molar-refractivity contribution in [3.63, 3.8) is 0 Å². The van der Waals surface area contributed by atoms with Crippen molar-refractivity contribution in [2.45, 2.75) is 406 Å². The second-order valence-corrected chi connectivity index (χ2v) is 31.0.